The second-order valence-corrected chi connectivity index (χ2v) is 9.63. The molecule has 6 rings (SSSR count). The minimum atomic E-state index is -0.204. The lowest BCUT2D eigenvalue weighted by atomic mass is 10.1. The van der Waals surface area contributed by atoms with E-state index in [0.717, 1.165) is 16.8 Å². The predicted molar refractivity (Wildman–Crippen MR) is 149 cm³/mol. The number of nitrogens with one attached hydrogen (secondary N) is 2. The van der Waals surface area contributed by atoms with Crippen LogP contribution in [-0.2, 0) is 0 Å². The van der Waals surface area contributed by atoms with Crippen molar-refractivity contribution in [2.45, 2.75) is 32.9 Å². The van der Waals surface area contributed by atoms with Gasteiger partial charge >= 0.3 is 11.4 Å². The molecule has 0 aliphatic heterocycles. The van der Waals surface area contributed by atoms with Crippen molar-refractivity contribution in [3.8, 4) is 0 Å². The van der Waals surface area contributed by atoms with Crippen LogP contribution in [-0.4, -0.2) is 39.0 Å². The smallest absolute Gasteiger partial charge is 0.289 e. The molecule has 0 amide bonds. The molecule has 0 unspecified atom stereocenters. The number of benzene rings is 2. The zero-order chi connectivity index (χ0) is 26.8. The number of aromatic nitrogens is 8. The Kier molecular flexibility index (Phi) is 7.01. The monoisotopic (exact) mass is 572 g/mol. The number of nitrogens with zero attached hydrogens (tertiary/aromatic N) is 6. The first-order valence-corrected chi connectivity index (χ1v) is 12.8. The van der Waals surface area contributed by atoms with Crippen molar-refractivity contribution in [3.63, 3.8) is 0 Å². The van der Waals surface area contributed by atoms with Gasteiger partial charge in [-0.3, -0.25) is 19.1 Å². The standard InChI is InChI=1S/C14H14N4O.C13H11BrN4O/c1-9-8-15-12-13(16-9)18(14(19)17-12)10(2)11-6-4-3-5-7-11;1-8(9-5-3-2-4-6-9)18-12-11(17-13(18)19)15-7-10(14)16-12/h3-8,10H,1-2H3,(H,15,17,19);2-8H,1H3,(H,15,17,19)/t10-;8-/m00/s1. The van der Waals surface area contributed by atoms with Crippen LogP contribution in [0.4, 0.5) is 0 Å². The Bertz CT molecular complexity index is 1690. The fourth-order valence-electron chi connectivity index (χ4n) is 4.33. The van der Waals surface area contributed by atoms with Gasteiger partial charge in [-0.05, 0) is 47.8 Å². The maximum absolute atomic E-state index is 12.1. The van der Waals surface area contributed by atoms with E-state index in [2.05, 4.69) is 45.8 Å². The Hall–Kier alpha value is -4.38. The van der Waals surface area contributed by atoms with Crippen molar-refractivity contribution in [1.82, 2.24) is 39.0 Å². The highest BCUT2D eigenvalue weighted by Gasteiger charge is 2.17. The highest BCUT2D eigenvalue weighted by atomic mass is 79.9. The first-order valence-electron chi connectivity index (χ1n) is 12.0. The Morgan fingerprint density at radius 1 is 0.711 bits per heavy atom. The molecule has 0 saturated heterocycles. The van der Waals surface area contributed by atoms with Crippen molar-refractivity contribution >= 4 is 38.5 Å². The molecule has 38 heavy (non-hydrogen) atoms. The molecule has 6 aromatic rings. The van der Waals surface area contributed by atoms with Crippen LogP contribution in [0.3, 0.4) is 0 Å². The van der Waals surface area contributed by atoms with Crippen LogP contribution < -0.4 is 11.4 Å². The van der Waals surface area contributed by atoms with E-state index < -0.39 is 0 Å². The fraction of sp³-hybridized carbons (Fsp3) is 0.185. The average molecular weight is 573 g/mol. The molecule has 0 fully saturated rings. The molecule has 0 saturated carbocycles. The molecule has 0 aliphatic rings. The summed E-state index contributed by atoms with van der Waals surface area (Å²) < 4.78 is 3.86. The zero-order valence-electron chi connectivity index (χ0n) is 21.0. The Morgan fingerprint density at radius 2 is 1.16 bits per heavy atom. The summed E-state index contributed by atoms with van der Waals surface area (Å²) >= 11 is 3.28. The van der Waals surface area contributed by atoms with Crippen molar-refractivity contribution in [3.05, 3.63) is 115 Å². The molecule has 0 spiro atoms. The van der Waals surface area contributed by atoms with Crippen molar-refractivity contribution in [1.29, 1.82) is 0 Å². The summed E-state index contributed by atoms with van der Waals surface area (Å²) in [6.07, 6.45) is 3.21. The Balaban J connectivity index is 0.000000155. The third kappa shape index (κ3) is 4.92. The van der Waals surface area contributed by atoms with Gasteiger partial charge in [0.25, 0.3) is 0 Å². The third-order valence-electron chi connectivity index (χ3n) is 6.28. The largest absolute Gasteiger partial charge is 0.329 e. The molecular weight excluding hydrogens is 548 g/mol. The lowest BCUT2D eigenvalue weighted by Crippen LogP contribution is -2.21. The summed E-state index contributed by atoms with van der Waals surface area (Å²) in [5.74, 6) is 0. The highest BCUT2D eigenvalue weighted by molar-refractivity contribution is 9.10. The van der Waals surface area contributed by atoms with Gasteiger partial charge in [-0.2, -0.15) is 0 Å². The Morgan fingerprint density at radius 3 is 1.66 bits per heavy atom. The maximum Gasteiger partial charge on any atom is 0.329 e. The molecule has 11 heteroatoms. The summed E-state index contributed by atoms with van der Waals surface area (Å²) in [5, 5.41) is 0. The first-order chi connectivity index (χ1) is 18.3. The zero-order valence-corrected chi connectivity index (χ0v) is 22.5. The van der Waals surface area contributed by atoms with Crippen LogP contribution in [0.1, 0.15) is 42.8 Å². The van der Waals surface area contributed by atoms with Gasteiger partial charge in [-0.1, -0.05) is 60.7 Å². The number of hydrogen-bond acceptors (Lipinski definition) is 6. The summed E-state index contributed by atoms with van der Waals surface area (Å²) in [7, 11) is 0. The molecule has 0 bridgehead atoms. The van der Waals surface area contributed by atoms with Gasteiger partial charge in [0.1, 0.15) is 4.60 Å². The molecule has 10 nitrogen and oxygen atoms in total. The molecule has 4 heterocycles. The van der Waals surface area contributed by atoms with Gasteiger partial charge in [0.2, 0.25) is 0 Å². The molecule has 0 radical (unpaired) electrons. The van der Waals surface area contributed by atoms with E-state index >= 15 is 0 Å². The van der Waals surface area contributed by atoms with E-state index in [4.69, 9.17) is 0 Å². The van der Waals surface area contributed by atoms with Crippen LogP contribution >= 0.6 is 15.9 Å². The molecule has 0 aliphatic carbocycles. The molecule has 192 valence electrons. The quantitative estimate of drug-likeness (QED) is 0.319. The molecule has 2 aromatic carbocycles. The summed E-state index contributed by atoms with van der Waals surface area (Å²) in [6.45, 7) is 5.81. The number of H-pyrrole nitrogens is 2. The second kappa shape index (κ2) is 10.5. The van der Waals surface area contributed by atoms with E-state index in [9.17, 15) is 9.59 Å². The number of halogens is 1. The summed E-state index contributed by atoms with van der Waals surface area (Å²) in [6, 6.07) is 19.5. The van der Waals surface area contributed by atoms with Crippen LogP contribution in [0.5, 0.6) is 0 Å². The van der Waals surface area contributed by atoms with Gasteiger partial charge in [0, 0.05) is 0 Å². The predicted octanol–water partition coefficient (Wildman–Crippen LogP) is 4.53. The van der Waals surface area contributed by atoms with Gasteiger partial charge < -0.3 is 0 Å². The van der Waals surface area contributed by atoms with E-state index in [0.29, 0.717) is 27.2 Å². The lowest BCUT2D eigenvalue weighted by molar-refractivity contribution is 0.630. The number of aryl methyl sites for hydroxylation is 1. The SMILES string of the molecule is C[C@@H](c1ccccc1)n1c(=O)[nH]c2ncc(Br)nc21.Cc1cnc2[nH]c(=O)n([C@@H](C)c3ccccc3)c2n1. The van der Waals surface area contributed by atoms with Crippen molar-refractivity contribution < 1.29 is 0 Å². The van der Waals surface area contributed by atoms with Crippen LogP contribution in [0.25, 0.3) is 22.6 Å². The normalized spacial score (nSPS) is 12.7. The van der Waals surface area contributed by atoms with Gasteiger partial charge in [-0.15, -0.1) is 0 Å². The second-order valence-electron chi connectivity index (χ2n) is 8.82. The first kappa shape index (κ1) is 25.3. The average Bonchev–Trinajstić information content (AvgIpc) is 3.43. The third-order valence-corrected chi connectivity index (χ3v) is 6.66. The number of hydrogen-bond donors (Lipinski definition) is 2. The molecule has 2 atom stereocenters. The lowest BCUT2D eigenvalue weighted by Gasteiger charge is -2.13. The van der Waals surface area contributed by atoms with Crippen LogP contribution in [0.15, 0.2) is 87.2 Å². The maximum atomic E-state index is 12.1. The highest BCUT2D eigenvalue weighted by Crippen LogP contribution is 2.21. The summed E-state index contributed by atoms with van der Waals surface area (Å²) in [5.41, 5.74) is 4.69. The number of fused-ring (bicyclic) bond motifs is 2. The topological polar surface area (TPSA) is 127 Å². The number of aromatic amines is 2. The number of rotatable bonds is 4. The Labute approximate surface area is 225 Å². The summed E-state index contributed by atoms with van der Waals surface area (Å²) in [4.78, 5) is 46.7. The van der Waals surface area contributed by atoms with Crippen molar-refractivity contribution in [2.75, 3.05) is 0 Å². The van der Waals surface area contributed by atoms with E-state index in [-0.39, 0.29) is 23.5 Å². The van der Waals surface area contributed by atoms with E-state index in [1.807, 2.05) is 81.4 Å². The van der Waals surface area contributed by atoms with Gasteiger partial charge in [0.15, 0.2) is 22.6 Å². The van der Waals surface area contributed by atoms with Gasteiger partial charge in [0.05, 0.1) is 30.2 Å². The van der Waals surface area contributed by atoms with Gasteiger partial charge in [-0.25, -0.2) is 29.5 Å². The van der Waals surface area contributed by atoms with Crippen LogP contribution in [0, 0.1) is 6.92 Å². The van der Waals surface area contributed by atoms with E-state index in [1.54, 1.807) is 21.5 Å². The van der Waals surface area contributed by atoms with Crippen LogP contribution in [0.2, 0.25) is 0 Å². The number of imidazole rings is 2. The molecular formula is C27H25BrN8O2. The fourth-order valence-corrected chi connectivity index (χ4v) is 4.60. The van der Waals surface area contributed by atoms with Crippen molar-refractivity contribution in [2.24, 2.45) is 0 Å². The molecule has 2 N–H and O–H groups in total. The van der Waals surface area contributed by atoms with E-state index in [1.165, 1.54) is 0 Å². The minimum Gasteiger partial charge on any atom is -0.289 e. The molecule has 4 aromatic heterocycles. The minimum absolute atomic E-state index is 0.0847.